The minimum atomic E-state index is -0.403. The molecule has 0 saturated heterocycles. The molecule has 0 aromatic rings. The highest BCUT2D eigenvalue weighted by molar-refractivity contribution is 5.96. The molecule has 0 N–H and O–H groups in total. The van der Waals surface area contributed by atoms with E-state index >= 15 is 0 Å². The molecule has 14 heavy (non-hydrogen) atoms. The van der Waals surface area contributed by atoms with Crippen molar-refractivity contribution < 1.29 is 14.3 Å². The molecule has 0 spiro atoms. The average Bonchev–Trinajstić information content (AvgIpc) is 2.45. The Balaban J connectivity index is 2.38. The summed E-state index contributed by atoms with van der Waals surface area (Å²) in [4.78, 5) is 22.5. The van der Waals surface area contributed by atoms with Crippen LogP contribution in [0.2, 0.25) is 0 Å². The first-order valence-corrected chi connectivity index (χ1v) is 5.33. The molecule has 0 bridgehead atoms. The molecule has 1 aliphatic carbocycles. The molecule has 1 fully saturated rings. The van der Waals surface area contributed by atoms with Gasteiger partial charge in [0.2, 0.25) is 0 Å². The molecule has 1 rings (SSSR count). The summed E-state index contributed by atoms with van der Waals surface area (Å²) in [6.45, 7) is 0. The van der Waals surface area contributed by atoms with E-state index in [0.717, 1.165) is 25.7 Å². The van der Waals surface area contributed by atoms with Crippen LogP contribution in [0.3, 0.4) is 0 Å². The molecule has 1 aliphatic rings. The van der Waals surface area contributed by atoms with Gasteiger partial charge in [0.25, 0.3) is 0 Å². The fourth-order valence-corrected chi connectivity index (χ4v) is 1.96. The van der Waals surface area contributed by atoms with Gasteiger partial charge < -0.3 is 4.74 Å². The fraction of sp³-hybridized carbons (Fsp3) is 0.818. The van der Waals surface area contributed by atoms with Gasteiger partial charge in [-0.05, 0) is 12.8 Å². The highest BCUT2D eigenvalue weighted by Crippen LogP contribution is 2.24. The van der Waals surface area contributed by atoms with E-state index in [9.17, 15) is 9.59 Å². The summed E-state index contributed by atoms with van der Waals surface area (Å²) >= 11 is 0. The summed E-state index contributed by atoms with van der Waals surface area (Å²) in [5.74, 6) is -0.227. The molecular weight excluding hydrogens is 180 g/mol. The van der Waals surface area contributed by atoms with Gasteiger partial charge in [-0.15, -0.1) is 0 Å². The van der Waals surface area contributed by atoms with Crippen molar-refractivity contribution in [3.63, 3.8) is 0 Å². The normalized spacial score (nSPS) is 18.6. The van der Waals surface area contributed by atoms with E-state index in [4.69, 9.17) is 0 Å². The minimum absolute atomic E-state index is 0.0405. The van der Waals surface area contributed by atoms with Crippen molar-refractivity contribution in [3.8, 4) is 0 Å². The number of hydrogen-bond donors (Lipinski definition) is 0. The zero-order valence-corrected chi connectivity index (χ0v) is 8.75. The quantitative estimate of drug-likeness (QED) is 0.396. The van der Waals surface area contributed by atoms with E-state index in [1.54, 1.807) is 0 Å². The van der Waals surface area contributed by atoms with Crippen molar-refractivity contribution >= 4 is 11.8 Å². The van der Waals surface area contributed by atoms with E-state index < -0.39 is 5.97 Å². The number of carbonyl (C=O) groups is 2. The molecule has 0 amide bonds. The van der Waals surface area contributed by atoms with Crippen LogP contribution in [0.25, 0.3) is 0 Å². The van der Waals surface area contributed by atoms with E-state index in [1.165, 1.54) is 20.0 Å². The Bertz CT molecular complexity index is 203. The Kier molecular flexibility index (Phi) is 4.63. The van der Waals surface area contributed by atoms with E-state index in [1.807, 2.05) is 0 Å². The van der Waals surface area contributed by atoms with Gasteiger partial charge >= 0.3 is 5.97 Å². The van der Waals surface area contributed by atoms with E-state index in [0.29, 0.717) is 0 Å². The first-order chi connectivity index (χ1) is 6.74. The number of carbonyl (C=O) groups excluding carboxylic acids is 2. The Morgan fingerprint density at radius 3 is 2.21 bits per heavy atom. The Labute approximate surface area is 84.8 Å². The third-order valence-corrected chi connectivity index (χ3v) is 2.86. The lowest BCUT2D eigenvalue weighted by atomic mass is 9.94. The number of rotatable bonds is 3. The molecule has 80 valence electrons. The molecule has 0 atom stereocenters. The smallest absolute Gasteiger partial charge is 0.313 e. The zero-order valence-electron chi connectivity index (χ0n) is 8.75. The van der Waals surface area contributed by atoms with Gasteiger partial charge in [-0.1, -0.05) is 25.7 Å². The van der Waals surface area contributed by atoms with Gasteiger partial charge in [0.15, 0.2) is 0 Å². The first-order valence-electron chi connectivity index (χ1n) is 5.33. The number of hydrogen-bond acceptors (Lipinski definition) is 3. The largest absolute Gasteiger partial charge is 0.469 e. The fourth-order valence-electron chi connectivity index (χ4n) is 1.96. The van der Waals surface area contributed by atoms with Gasteiger partial charge in [-0.2, -0.15) is 0 Å². The highest BCUT2D eigenvalue weighted by atomic mass is 16.5. The van der Waals surface area contributed by atoms with Crippen molar-refractivity contribution in [2.75, 3.05) is 7.11 Å². The molecule has 0 unspecified atom stereocenters. The van der Waals surface area contributed by atoms with Crippen LogP contribution in [0.15, 0.2) is 0 Å². The maximum atomic E-state index is 11.6. The molecule has 0 aliphatic heterocycles. The summed E-state index contributed by atoms with van der Waals surface area (Å²) in [6, 6.07) is 0. The van der Waals surface area contributed by atoms with Crippen LogP contribution in [0, 0.1) is 5.92 Å². The van der Waals surface area contributed by atoms with E-state index in [2.05, 4.69) is 4.74 Å². The minimum Gasteiger partial charge on any atom is -0.469 e. The molecule has 0 heterocycles. The predicted octanol–water partition coefficient (Wildman–Crippen LogP) is 2.09. The molecule has 0 aromatic carbocycles. The van der Waals surface area contributed by atoms with Gasteiger partial charge in [0.1, 0.15) is 12.2 Å². The van der Waals surface area contributed by atoms with Gasteiger partial charge in [-0.3, -0.25) is 9.59 Å². The van der Waals surface area contributed by atoms with Crippen molar-refractivity contribution in [1.29, 1.82) is 0 Å². The average molecular weight is 198 g/mol. The third kappa shape index (κ3) is 3.48. The van der Waals surface area contributed by atoms with Crippen molar-refractivity contribution in [2.45, 2.75) is 44.9 Å². The highest BCUT2D eigenvalue weighted by Gasteiger charge is 2.22. The second-order valence-electron chi connectivity index (χ2n) is 3.91. The van der Waals surface area contributed by atoms with Gasteiger partial charge in [-0.25, -0.2) is 0 Å². The van der Waals surface area contributed by atoms with Crippen molar-refractivity contribution in [3.05, 3.63) is 0 Å². The molecule has 0 radical (unpaired) electrons. The summed E-state index contributed by atoms with van der Waals surface area (Å²) in [5.41, 5.74) is 0. The first kappa shape index (κ1) is 11.2. The van der Waals surface area contributed by atoms with Gasteiger partial charge in [0.05, 0.1) is 7.11 Å². The topological polar surface area (TPSA) is 43.4 Å². The maximum absolute atomic E-state index is 11.6. The van der Waals surface area contributed by atoms with Crippen LogP contribution < -0.4 is 0 Å². The monoisotopic (exact) mass is 198 g/mol. The molecular formula is C11H18O3. The number of methoxy groups -OCH3 is 1. The molecule has 0 aromatic heterocycles. The zero-order chi connectivity index (χ0) is 10.4. The van der Waals surface area contributed by atoms with Crippen LogP contribution >= 0.6 is 0 Å². The van der Waals surface area contributed by atoms with Crippen molar-refractivity contribution in [1.82, 2.24) is 0 Å². The maximum Gasteiger partial charge on any atom is 0.313 e. The lowest BCUT2D eigenvalue weighted by Crippen LogP contribution is -2.18. The second-order valence-corrected chi connectivity index (χ2v) is 3.91. The van der Waals surface area contributed by atoms with Crippen LogP contribution in [0.5, 0.6) is 0 Å². The number of Topliss-reactive ketones (excluding diaryl/α,β-unsaturated/α-hetero) is 1. The second kappa shape index (κ2) is 5.78. The summed E-state index contributed by atoms with van der Waals surface area (Å²) in [5, 5.41) is 0. The standard InChI is InChI=1S/C11H18O3/c1-14-11(13)8-10(12)9-6-4-2-3-5-7-9/h9H,2-8H2,1H3. The molecule has 3 nitrogen and oxygen atoms in total. The number of esters is 1. The Morgan fingerprint density at radius 1 is 1.14 bits per heavy atom. The lowest BCUT2D eigenvalue weighted by molar-refractivity contribution is -0.144. The number of ether oxygens (including phenoxy) is 1. The summed E-state index contributed by atoms with van der Waals surface area (Å²) in [7, 11) is 1.32. The van der Waals surface area contributed by atoms with Crippen LogP contribution in [0.1, 0.15) is 44.9 Å². The Morgan fingerprint density at radius 2 is 1.71 bits per heavy atom. The van der Waals surface area contributed by atoms with Crippen LogP contribution in [0.4, 0.5) is 0 Å². The molecule has 3 heteroatoms. The third-order valence-electron chi connectivity index (χ3n) is 2.86. The predicted molar refractivity (Wildman–Crippen MR) is 52.8 cm³/mol. The Hall–Kier alpha value is -0.860. The summed E-state index contributed by atoms with van der Waals surface area (Å²) in [6.07, 6.45) is 6.56. The SMILES string of the molecule is COC(=O)CC(=O)C1CCCCCC1. The van der Waals surface area contributed by atoms with Crippen LogP contribution in [-0.4, -0.2) is 18.9 Å². The summed E-state index contributed by atoms with van der Waals surface area (Å²) < 4.78 is 4.48. The van der Waals surface area contributed by atoms with Crippen molar-refractivity contribution in [2.24, 2.45) is 5.92 Å². The van der Waals surface area contributed by atoms with Crippen LogP contribution in [-0.2, 0) is 14.3 Å². The van der Waals surface area contributed by atoms with E-state index in [-0.39, 0.29) is 18.1 Å². The van der Waals surface area contributed by atoms with Gasteiger partial charge in [0, 0.05) is 5.92 Å². The lowest BCUT2D eigenvalue weighted by Gasteiger charge is -2.11. The molecule has 1 saturated carbocycles. The number of ketones is 1.